The van der Waals surface area contributed by atoms with Crippen LogP contribution in [0.5, 0.6) is 0 Å². The Kier molecular flexibility index (Phi) is 9.22. The fourth-order valence-electron chi connectivity index (χ4n) is 3.59. The minimum absolute atomic E-state index is 0.0275. The van der Waals surface area contributed by atoms with Gasteiger partial charge in [-0.3, -0.25) is 14.5 Å². The molecule has 1 aromatic heterocycles. The fraction of sp³-hybridized carbons (Fsp3) is 0.214. The van der Waals surface area contributed by atoms with E-state index in [1.165, 1.54) is 4.90 Å². The predicted molar refractivity (Wildman–Crippen MR) is 145 cm³/mol. The van der Waals surface area contributed by atoms with E-state index in [0.29, 0.717) is 53.7 Å². The molecule has 0 fully saturated rings. The molecule has 3 aromatic rings. The predicted octanol–water partition coefficient (Wildman–Crippen LogP) is 4.20. The largest absolute Gasteiger partial charge is 0.499 e. The van der Waals surface area contributed by atoms with Crippen molar-refractivity contribution in [3.63, 3.8) is 0 Å². The molecule has 37 heavy (non-hydrogen) atoms. The van der Waals surface area contributed by atoms with E-state index in [4.69, 9.17) is 15.7 Å². The van der Waals surface area contributed by atoms with Gasteiger partial charge in [0, 0.05) is 37.5 Å². The van der Waals surface area contributed by atoms with Gasteiger partial charge in [0.2, 0.25) is 5.91 Å². The van der Waals surface area contributed by atoms with Crippen LogP contribution in [0.1, 0.15) is 29.3 Å². The van der Waals surface area contributed by atoms with Gasteiger partial charge in [-0.2, -0.15) is 5.26 Å². The highest BCUT2D eigenvalue weighted by molar-refractivity contribution is 6.07. The molecule has 0 aliphatic carbocycles. The number of likely N-dealkylation sites (N-methyl/N-ethyl adjacent to an activating group) is 1. The molecule has 1 heterocycles. The Balaban J connectivity index is 1.72. The molecular weight excluding hydrogens is 468 g/mol. The summed E-state index contributed by atoms with van der Waals surface area (Å²) < 4.78 is 5.43. The first-order valence-corrected chi connectivity index (χ1v) is 11.8. The van der Waals surface area contributed by atoms with E-state index >= 15 is 0 Å². The number of nitriles is 1. The minimum atomic E-state index is -0.280. The molecule has 2 aromatic carbocycles. The lowest BCUT2D eigenvalue weighted by molar-refractivity contribution is -0.116. The first kappa shape index (κ1) is 26.8. The first-order chi connectivity index (χ1) is 17.8. The molecule has 0 aliphatic heterocycles. The van der Waals surface area contributed by atoms with Crippen LogP contribution in [0.25, 0.3) is 0 Å². The van der Waals surface area contributed by atoms with Gasteiger partial charge >= 0.3 is 0 Å². The van der Waals surface area contributed by atoms with Crippen molar-refractivity contribution < 1.29 is 14.3 Å². The summed E-state index contributed by atoms with van der Waals surface area (Å²) in [6, 6.07) is 19.1. The molecule has 0 bridgehead atoms. The number of carbonyl (C=O) groups excluding carboxylic acids is 2. The second-order valence-electron chi connectivity index (χ2n) is 8.14. The normalized spacial score (nSPS) is 10.2. The van der Waals surface area contributed by atoms with E-state index < -0.39 is 0 Å². The number of hydrogen-bond donors (Lipinski definition) is 2. The maximum Gasteiger partial charge on any atom is 0.259 e. The Morgan fingerprint density at radius 1 is 1.16 bits per heavy atom. The summed E-state index contributed by atoms with van der Waals surface area (Å²) in [6.07, 6.45) is 2.07. The molecule has 0 unspecified atom stereocenters. The third-order valence-electron chi connectivity index (χ3n) is 5.60. The number of aromatic nitrogens is 1. The summed E-state index contributed by atoms with van der Waals surface area (Å²) in [7, 11) is 1.62. The summed E-state index contributed by atoms with van der Waals surface area (Å²) in [4.78, 5) is 33.5. The van der Waals surface area contributed by atoms with Crippen molar-refractivity contribution in [2.75, 3.05) is 47.6 Å². The van der Waals surface area contributed by atoms with Gasteiger partial charge in [0.25, 0.3) is 5.91 Å². The number of nitrogen functional groups attached to an aromatic ring is 1. The molecule has 0 spiro atoms. The number of hydrogen-bond acceptors (Lipinski definition) is 7. The molecule has 3 N–H and O–H groups in total. The van der Waals surface area contributed by atoms with Crippen LogP contribution in [0.2, 0.25) is 0 Å². The summed E-state index contributed by atoms with van der Waals surface area (Å²) >= 11 is 0. The number of pyridine rings is 1. The molecule has 0 saturated heterocycles. The van der Waals surface area contributed by atoms with Crippen molar-refractivity contribution in [3.8, 4) is 6.07 Å². The average Bonchev–Trinajstić information content (AvgIpc) is 2.92. The zero-order chi connectivity index (χ0) is 26.8. The van der Waals surface area contributed by atoms with Gasteiger partial charge < -0.3 is 20.7 Å². The second-order valence-corrected chi connectivity index (χ2v) is 8.14. The lowest BCUT2D eigenvalue weighted by Gasteiger charge is -2.24. The van der Waals surface area contributed by atoms with Crippen LogP contribution in [0.3, 0.4) is 0 Å². The van der Waals surface area contributed by atoms with Crippen LogP contribution in [-0.2, 0) is 9.53 Å². The zero-order valence-corrected chi connectivity index (χ0v) is 21.0. The fourth-order valence-corrected chi connectivity index (χ4v) is 3.59. The summed E-state index contributed by atoms with van der Waals surface area (Å²) in [6.45, 7) is 6.63. The molecule has 9 nitrogen and oxygen atoms in total. The Bertz CT molecular complexity index is 1290. The standard InChI is InChI=1S/C28H30N6O3/c1-4-37-20(2)14-16-34(26-7-5-6-15-31-26)28(36)22-10-13-25(24(30)17-22)33(3)27(35)19-32-23-11-8-21(18-29)9-12-23/h5-13,15,17,32H,2,4,14,16,19,30H2,1,3H3. The molecule has 0 radical (unpaired) electrons. The second kappa shape index (κ2) is 12.7. The Morgan fingerprint density at radius 3 is 2.54 bits per heavy atom. The molecule has 0 atom stereocenters. The van der Waals surface area contributed by atoms with Crippen LogP contribution in [0, 0.1) is 11.3 Å². The smallest absolute Gasteiger partial charge is 0.259 e. The topological polar surface area (TPSA) is 125 Å². The quantitative estimate of drug-likeness (QED) is 0.300. The summed E-state index contributed by atoms with van der Waals surface area (Å²) in [5.41, 5.74) is 8.67. The van der Waals surface area contributed by atoms with Crippen molar-refractivity contribution >= 4 is 34.7 Å². The maximum absolute atomic E-state index is 13.4. The van der Waals surface area contributed by atoms with Crippen molar-refractivity contribution in [2.45, 2.75) is 13.3 Å². The summed E-state index contributed by atoms with van der Waals surface area (Å²) in [5.74, 6) is 0.582. The van der Waals surface area contributed by atoms with Gasteiger partial charge in [-0.1, -0.05) is 12.6 Å². The minimum Gasteiger partial charge on any atom is -0.499 e. The van der Waals surface area contributed by atoms with Crippen molar-refractivity contribution in [2.24, 2.45) is 0 Å². The van der Waals surface area contributed by atoms with Crippen LogP contribution < -0.4 is 20.9 Å². The molecular formula is C28H30N6O3. The van der Waals surface area contributed by atoms with E-state index in [9.17, 15) is 9.59 Å². The lowest BCUT2D eigenvalue weighted by Crippen LogP contribution is -2.34. The first-order valence-electron chi connectivity index (χ1n) is 11.8. The number of nitrogens with zero attached hydrogens (tertiary/aromatic N) is 4. The molecule has 3 rings (SSSR count). The number of nitrogens with one attached hydrogen (secondary N) is 1. The van der Waals surface area contributed by atoms with Gasteiger partial charge in [0.1, 0.15) is 5.82 Å². The van der Waals surface area contributed by atoms with Crippen LogP contribution >= 0.6 is 0 Å². The highest BCUT2D eigenvalue weighted by Crippen LogP contribution is 2.26. The number of anilines is 4. The Labute approximate surface area is 216 Å². The molecule has 9 heteroatoms. The van der Waals surface area contributed by atoms with Gasteiger partial charge in [0.15, 0.2) is 0 Å². The monoisotopic (exact) mass is 498 g/mol. The third-order valence-corrected chi connectivity index (χ3v) is 5.60. The van der Waals surface area contributed by atoms with E-state index in [1.54, 1.807) is 72.7 Å². The maximum atomic E-state index is 13.4. The highest BCUT2D eigenvalue weighted by Gasteiger charge is 2.21. The van der Waals surface area contributed by atoms with Gasteiger partial charge in [-0.15, -0.1) is 0 Å². The molecule has 190 valence electrons. The van der Waals surface area contributed by atoms with E-state index in [-0.39, 0.29) is 18.4 Å². The number of benzene rings is 2. The molecule has 2 amide bonds. The van der Waals surface area contributed by atoms with Gasteiger partial charge in [-0.05, 0) is 61.5 Å². The number of ether oxygens (including phenoxy) is 1. The Hall–Kier alpha value is -4.84. The van der Waals surface area contributed by atoms with E-state index in [0.717, 1.165) is 5.69 Å². The van der Waals surface area contributed by atoms with Crippen molar-refractivity contribution in [3.05, 3.63) is 90.3 Å². The van der Waals surface area contributed by atoms with Gasteiger partial charge in [-0.25, -0.2) is 4.98 Å². The van der Waals surface area contributed by atoms with Crippen LogP contribution in [0.4, 0.5) is 22.9 Å². The molecule has 0 aliphatic rings. The van der Waals surface area contributed by atoms with Crippen molar-refractivity contribution in [1.82, 2.24) is 4.98 Å². The van der Waals surface area contributed by atoms with Crippen LogP contribution in [-0.4, -0.2) is 43.5 Å². The molecule has 0 saturated carbocycles. The van der Waals surface area contributed by atoms with Crippen molar-refractivity contribution in [1.29, 1.82) is 5.26 Å². The number of amides is 2. The van der Waals surface area contributed by atoms with Gasteiger partial charge in [0.05, 0.1) is 41.9 Å². The number of rotatable bonds is 11. The zero-order valence-electron chi connectivity index (χ0n) is 21.0. The lowest BCUT2D eigenvalue weighted by atomic mass is 10.1. The average molecular weight is 499 g/mol. The SMILES string of the molecule is C=C(CCN(C(=O)c1ccc(N(C)C(=O)CNc2ccc(C#N)cc2)c(N)c1)c1ccccn1)OCC. The number of nitrogens with two attached hydrogens (primary N) is 1. The highest BCUT2D eigenvalue weighted by atomic mass is 16.5. The summed E-state index contributed by atoms with van der Waals surface area (Å²) in [5, 5.41) is 11.9. The van der Waals surface area contributed by atoms with Crippen LogP contribution in [0.15, 0.2) is 79.2 Å². The van der Waals surface area contributed by atoms with E-state index in [2.05, 4.69) is 22.9 Å². The number of carbonyl (C=O) groups is 2. The Morgan fingerprint density at radius 2 is 1.92 bits per heavy atom. The third kappa shape index (κ3) is 7.08. The van der Waals surface area contributed by atoms with E-state index in [1.807, 2.05) is 13.0 Å².